The lowest BCUT2D eigenvalue weighted by Gasteiger charge is -2.37. The lowest BCUT2D eigenvalue weighted by molar-refractivity contribution is -0.159. The zero-order chi connectivity index (χ0) is 18.9. The molecule has 0 saturated carbocycles. The number of alkyl halides is 2. The Balaban J connectivity index is 1.77. The van der Waals surface area contributed by atoms with Crippen LogP contribution in [0.5, 0.6) is 0 Å². The Morgan fingerprint density at radius 1 is 1.50 bits per heavy atom. The molecule has 1 aliphatic heterocycles. The maximum absolute atomic E-state index is 15.0. The van der Waals surface area contributed by atoms with Crippen LogP contribution in [0.4, 0.5) is 13.6 Å². The Morgan fingerprint density at radius 3 is 2.85 bits per heavy atom. The van der Waals surface area contributed by atoms with Gasteiger partial charge in [0.25, 0.3) is 5.92 Å². The summed E-state index contributed by atoms with van der Waals surface area (Å²) in [4.78, 5) is 13.3. The van der Waals surface area contributed by atoms with Crippen LogP contribution in [0.2, 0.25) is 5.02 Å². The van der Waals surface area contributed by atoms with E-state index in [1.165, 1.54) is 17.2 Å². The molecule has 2 heterocycles. The van der Waals surface area contributed by atoms with Crippen molar-refractivity contribution in [3.8, 4) is 0 Å². The number of benzene rings is 1. The number of aliphatic hydroxyl groups excluding tert-OH is 1. The Bertz CT molecular complexity index is 790. The third-order valence-electron chi connectivity index (χ3n) is 4.86. The van der Waals surface area contributed by atoms with Gasteiger partial charge in [-0.1, -0.05) is 11.6 Å². The number of piperidine rings is 1. The molecule has 3 N–H and O–H groups in total. The van der Waals surface area contributed by atoms with Crippen LogP contribution >= 0.6 is 11.6 Å². The van der Waals surface area contributed by atoms with Crippen LogP contribution in [0.3, 0.4) is 0 Å². The number of likely N-dealkylation sites (tertiary alicyclic amines) is 1. The van der Waals surface area contributed by atoms with Crippen molar-refractivity contribution < 1.29 is 18.7 Å². The second-order valence-electron chi connectivity index (χ2n) is 6.50. The van der Waals surface area contributed by atoms with E-state index in [9.17, 15) is 18.7 Å². The number of nitrogens with one attached hydrogen (secondary N) is 2. The number of hydrogen-bond donors (Lipinski definition) is 3. The van der Waals surface area contributed by atoms with Crippen molar-refractivity contribution in [3.05, 3.63) is 28.9 Å². The molecule has 2 amide bonds. The highest BCUT2D eigenvalue weighted by Gasteiger charge is 2.48. The lowest BCUT2D eigenvalue weighted by atomic mass is 9.85. The number of carbonyl (C=O) groups excluding carboxylic acids is 1. The third kappa shape index (κ3) is 3.48. The van der Waals surface area contributed by atoms with Gasteiger partial charge in [-0.2, -0.15) is 5.10 Å². The summed E-state index contributed by atoms with van der Waals surface area (Å²) >= 11 is 6.00. The van der Waals surface area contributed by atoms with Gasteiger partial charge in [0.2, 0.25) is 0 Å². The van der Waals surface area contributed by atoms with Gasteiger partial charge in [0.05, 0.1) is 11.7 Å². The molecule has 1 aliphatic rings. The highest BCUT2D eigenvalue weighted by molar-refractivity contribution is 6.31. The highest BCUT2D eigenvalue weighted by Crippen LogP contribution is 2.44. The zero-order valence-electron chi connectivity index (χ0n) is 14.3. The lowest BCUT2D eigenvalue weighted by Crippen LogP contribution is -2.48. The maximum atomic E-state index is 15.0. The first-order chi connectivity index (χ1) is 12.3. The molecule has 9 heteroatoms. The van der Waals surface area contributed by atoms with E-state index < -0.39 is 17.9 Å². The summed E-state index contributed by atoms with van der Waals surface area (Å²) in [6.07, 6.45) is -0.299. The Morgan fingerprint density at radius 2 is 2.19 bits per heavy atom. The molecular weight excluding hydrogens is 366 g/mol. The van der Waals surface area contributed by atoms with E-state index in [0.29, 0.717) is 17.4 Å². The van der Waals surface area contributed by atoms with E-state index >= 15 is 0 Å². The SMILES string of the molecule is CCNC(=O)N1CCC(C(F)(F)C(O)c2cc(Cl)cc3cn[nH]c23)CC1. The topological polar surface area (TPSA) is 81.2 Å². The number of urea groups is 1. The van der Waals surface area contributed by atoms with Crippen LogP contribution in [0, 0.1) is 5.92 Å². The number of carbonyl (C=O) groups is 1. The van der Waals surface area contributed by atoms with Crippen LogP contribution in [-0.2, 0) is 0 Å². The number of aromatic amines is 1. The molecular formula is C17H21ClF2N4O2. The number of H-pyrrole nitrogens is 1. The highest BCUT2D eigenvalue weighted by atomic mass is 35.5. The summed E-state index contributed by atoms with van der Waals surface area (Å²) < 4.78 is 30.0. The number of rotatable bonds is 4. The summed E-state index contributed by atoms with van der Waals surface area (Å²) in [7, 11) is 0. The van der Waals surface area contributed by atoms with Gasteiger partial charge in [-0.05, 0) is 31.9 Å². The average molecular weight is 387 g/mol. The fourth-order valence-corrected chi connectivity index (χ4v) is 3.66. The molecule has 26 heavy (non-hydrogen) atoms. The van der Waals surface area contributed by atoms with Crippen molar-refractivity contribution in [2.45, 2.75) is 31.8 Å². The molecule has 1 unspecified atom stereocenters. The van der Waals surface area contributed by atoms with Gasteiger partial charge in [-0.25, -0.2) is 13.6 Å². The average Bonchev–Trinajstić information content (AvgIpc) is 3.09. The van der Waals surface area contributed by atoms with Crippen molar-refractivity contribution in [1.82, 2.24) is 20.4 Å². The van der Waals surface area contributed by atoms with E-state index in [0.717, 1.165) is 0 Å². The predicted molar refractivity (Wildman–Crippen MR) is 94.4 cm³/mol. The quantitative estimate of drug-likeness (QED) is 0.753. The molecule has 1 aromatic carbocycles. The van der Waals surface area contributed by atoms with Crippen LogP contribution in [0.15, 0.2) is 18.3 Å². The summed E-state index contributed by atoms with van der Waals surface area (Å²) in [6.45, 7) is 2.75. The largest absolute Gasteiger partial charge is 0.382 e. The fourth-order valence-electron chi connectivity index (χ4n) is 3.42. The molecule has 3 rings (SSSR count). The van der Waals surface area contributed by atoms with E-state index in [4.69, 9.17) is 11.6 Å². The summed E-state index contributed by atoms with van der Waals surface area (Å²) in [6, 6.07) is 2.69. The first-order valence-electron chi connectivity index (χ1n) is 8.55. The molecule has 0 radical (unpaired) electrons. The second-order valence-corrected chi connectivity index (χ2v) is 6.94. The summed E-state index contributed by atoms with van der Waals surface area (Å²) in [5.74, 6) is -4.38. The molecule has 2 aromatic rings. The number of nitrogens with zero attached hydrogens (tertiary/aromatic N) is 2. The number of halogens is 3. The Kier molecular flexibility index (Phi) is 5.34. The van der Waals surface area contributed by atoms with Crippen molar-refractivity contribution in [3.63, 3.8) is 0 Å². The van der Waals surface area contributed by atoms with Crippen molar-refractivity contribution in [2.24, 2.45) is 5.92 Å². The van der Waals surface area contributed by atoms with Gasteiger partial charge in [-0.3, -0.25) is 5.10 Å². The van der Waals surface area contributed by atoms with Gasteiger partial charge in [-0.15, -0.1) is 0 Å². The molecule has 1 aromatic heterocycles. The number of aromatic nitrogens is 2. The molecule has 0 aliphatic carbocycles. The number of hydrogen-bond acceptors (Lipinski definition) is 3. The standard InChI is InChI=1S/C17H21ClF2N4O2/c1-2-21-16(26)24-5-3-11(4-6-24)17(19,20)15(25)13-8-12(18)7-10-9-22-23-14(10)13/h7-9,11,15,25H,2-6H2,1H3,(H,21,26)(H,22,23). The minimum absolute atomic E-state index is 0.0288. The van der Waals surface area contributed by atoms with Crippen molar-refractivity contribution in [1.29, 1.82) is 0 Å². The van der Waals surface area contributed by atoms with E-state index in [2.05, 4.69) is 15.5 Å². The number of aliphatic hydroxyl groups is 1. The van der Waals surface area contributed by atoms with Gasteiger partial charge in [0.1, 0.15) is 6.10 Å². The molecule has 1 atom stereocenters. The molecule has 1 fully saturated rings. The molecule has 6 nitrogen and oxygen atoms in total. The van der Waals surface area contributed by atoms with Gasteiger partial charge in [0, 0.05) is 41.5 Å². The zero-order valence-corrected chi connectivity index (χ0v) is 15.1. The van der Waals surface area contributed by atoms with Crippen molar-refractivity contribution >= 4 is 28.5 Å². The Hall–Kier alpha value is -1.93. The molecule has 1 saturated heterocycles. The molecule has 0 spiro atoms. The fraction of sp³-hybridized carbons (Fsp3) is 0.529. The number of amides is 2. The smallest absolute Gasteiger partial charge is 0.317 e. The first kappa shape index (κ1) is 18.8. The van der Waals surface area contributed by atoms with E-state index in [-0.39, 0.29) is 42.5 Å². The Labute approximate surface area is 154 Å². The molecule has 0 bridgehead atoms. The molecule has 142 valence electrons. The minimum Gasteiger partial charge on any atom is -0.382 e. The summed E-state index contributed by atoms with van der Waals surface area (Å²) in [5, 5.41) is 20.4. The van der Waals surface area contributed by atoms with Crippen LogP contribution in [0.1, 0.15) is 31.4 Å². The van der Waals surface area contributed by atoms with Gasteiger partial charge < -0.3 is 15.3 Å². The van der Waals surface area contributed by atoms with E-state index in [1.807, 2.05) is 0 Å². The van der Waals surface area contributed by atoms with Gasteiger partial charge >= 0.3 is 6.03 Å². The van der Waals surface area contributed by atoms with E-state index in [1.54, 1.807) is 13.0 Å². The number of fused-ring (bicyclic) bond motifs is 1. The van der Waals surface area contributed by atoms with Crippen LogP contribution < -0.4 is 5.32 Å². The van der Waals surface area contributed by atoms with Gasteiger partial charge in [0.15, 0.2) is 0 Å². The summed E-state index contributed by atoms with van der Waals surface area (Å²) in [5.41, 5.74) is 0.377. The van der Waals surface area contributed by atoms with Crippen LogP contribution in [-0.4, -0.2) is 51.8 Å². The maximum Gasteiger partial charge on any atom is 0.317 e. The third-order valence-corrected chi connectivity index (χ3v) is 5.08. The monoisotopic (exact) mass is 386 g/mol. The van der Waals surface area contributed by atoms with Crippen molar-refractivity contribution in [2.75, 3.05) is 19.6 Å². The van der Waals surface area contributed by atoms with Crippen LogP contribution in [0.25, 0.3) is 10.9 Å². The second kappa shape index (κ2) is 7.36. The normalized spacial score (nSPS) is 17.5. The predicted octanol–water partition coefficient (Wildman–Crippen LogP) is 3.33. The minimum atomic E-state index is -3.35. The first-order valence-corrected chi connectivity index (χ1v) is 8.93.